The summed E-state index contributed by atoms with van der Waals surface area (Å²) in [5, 5.41) is 18.3. The molecule has 1 N–H and O–H groups in total. The molecule has 12 heteroatoms. The monoisotopic (exact) mass is 406 g/mol. The summed E-state index contributed by atoms with van der Waals surface area (Å²) in [4.78, 5) is 16.1. The maximum Gasteiger partial charge on any atom is 0.435 e. The minimum absolute atomic E-state index is 0.0338. The molecule has 3 heterocycles. The summed E-state index contributed by atoms with van der Waals surface area (Å²) < 4.78 is 40.6. The average Bonchev–Trinajstić information content (AvgIpc) is 3.24. The number of alkyl halides is 3. The van der Waals surface area contributed by atoms with Gasteiger partial charge in [-0.05, 0) is 43.9 Å². The Bertz CT molecular complexity index is 1010. The lowest BCUT2D eigenvalue weighted by molar-refractivity contribution is -0.141. The van der Waals surface area contributed by atoms with Crippen LogP contribution in [0.25, 0.3) is 5.82 Å². The highest BCUT2D eigenvalue weighted by Crippen LogP contribution is 2.30. The van der Waals surface area contributed by atoms with Gasteiger partial charge in [-0.3, -0.25) is 4.79 Å². The van der Waals surface area contributed by atoms with Gasteiger partial charge in [-0.2, -0.15) is 18.3 Å². The van der Waals surface area contributed by atoms with E-state index in [0.717, 1.165) is 18.9 Å². The van der Waals surface area contributed by atoms with E-state index in [1.54, 1.807) is 6.07 Å². The standard InChI is InChI=1S/C17H17F3N8O/c18-17(19,20)13-5-6-14(25-24-13)23-11-1-3-12(4-2-11)28-16(29)8-7-15(26-28)27-10-21-9-22-27/h5-12H,1-4H2,(H,23,25). The second-order valence-electron chi connectivity index (χ2n) is 6.77. The number of rotatable bonds is 4. The Morgan fingerprint density at radius 1 is 1.03 bits per heavy atom. The third-order valence-electron chi connectivity index (χ3n) is 4.81. The van der Waals surface area contributed by atoms with Gasteiger partial charge in [-0.25, -0.2) is 14.3 Å². The normalized spacial score (nSPS) is 19.8. The Balaban J connectivity index is 1.40. The van der Waals surface area contributed by atoms with E-state index < -0.39 is 11.9 Å². The van der Waals surface area contributed by atoms with Crippen molar-refractivity contribution in [3.8, 4) is 5.82 Å². The SMILES string of the molecule is O=c1ccc(-n2cncn2)nn1C1CCC(Nc2ccc(C(F)(F)F)nn2)CC1. The van der Waals surface area contributed by atoms with Crippen LogP contribution in [0.15, 0.2) is 41.7 Å². The zero-order valence-electron chi connectivity index (χ0n) is 15.1. The summed E-state index contributed by atoms with van der Waals surface area (Å²) >= 11 is 0. The van der Waals surface area contributed by atoms with Crippen LogP contribution >= 0.6 is 0 Å². The molecule has 0 bridgehead atoms. The largest absolute Gasteiger partial charge is 0.435 e. The van der Waals surface area contributed by atoms with Gasteiger partial charge in [0.05, 0.1) is 6.04 Å². The lowest BCUT2D eigenvalue weighted by Crippen LogP contribution is -2.33. The van der Waals surface area contributed by atoms with E-state index in [1.807, 2.05) is 0 Å². The van der Waals surface area contributed by atoms with Crippen molar-refractivity contribution in [2.45, 2.75) is 43.9 Å². The number of nitrogens with one attached hydrogen (secondary N) is 1. The van der Waals surface area contributed by atoms with E-state index in [2.05, 4.69) is 30.7 Å². The van der Waals surface area contributed by atoms with Crippen LogP contribution in [0.2, 0.25) is 0 Å². The summed E-state index contributed by atoms with van der Waals surface area (Å²) in [6, 6.07) is 5.18. The number of aromatic nitrogens is 7. The van der Waals surface area contributed by atoms with Gasteiger partial charge < -0.3 is 5.32 Å². The molecule has 3 aromatic heterocycles. The molecule has 152 valence electrons. The summed E-state index contributed by atoms with van der Waals surface area (Å²) in [7, 11) is 0. The van der Waals surface area contributed by atoms with Crippen LogP contribution in [-0.4, -0.2) is 40.8 Å². The maximum atomic E-state index is 12.6. The third kappa shape index (κ3) is 4.25. The lowest BCUT2D eigenvalue weighted by Gasteiger charge is -2.29. The Hall–Kier alpha value is -3.31. The quantitative estimate of drug-likeness (QED) is 0.709. The van der Waals surface area contributed by atoms with E-state index >= 15 is 0 Å². The van der Waals surface area contributed by atoms with Crippen molar-refractivity contribution in [3.63, 3.8) is 0 Å². The fourth-order valence-corrected chi connectivity index (χ4v) is 3.36. The van der Waals surface area contributed by atoms with Crippen molar-refractivity contribution in [3.05, 3.63) is 53.0 Å². The number of hydrogen-bond acceptors (Lipinski definition) is 7. The van der Waals surface area contributed by atoms with Gasteiger partial charge in [0.25, 0.3) is 5.56 Å². The average molecular weight is 406 g/mol. The van der Waals surface area contributed by atoms with Gasteiger partial charge in [-0.1, -0.05) is 0 Å². The molecule has 0 unspecified atom stereocenters. The molecule has 0 aliphatic heterocycles. The first kappa shape index (κ1) is 19.0. The van der Waals surface area contributed by atoms with E-state index in [4.69, 9.17) is 0 Å². The second-order valence-corrected chi connectivity index (χ2v) is 6.77. The Kier molecular flexibility index (Phi) is 4.99. The van der Waals surface area contributed by atoms with E-state index in [1.165, 1.54) is 34.2 Å². The van der Waals surface area contributed by atoms with Gasteiger partial charge in [0, 0.05) is 12.1 Å². The van der Waals surface area contributed by atoms with Crippen LogP contribution in [0.4, 0.5) is 19.0 Å². The van der Waals surface area contributed by atoms with Crippen molar-refractivity contribution in [1.82, 2.24) is 34.7 Å². The predicted molar refractivity (Wildman–Crippen MR) is 95.4 cm³/mol. The molecule has 1 saturated carbocycles. The molecular formula is C17H17F3N8O. The smallest absolute Gasteiger partial charge is 0.366 e. The lowest BCUT2D eigenvalue weighted by atomic mass is 9.91. The van der Waals surface area contributed by atoms with E-state index in [-0.39, 0.29) is 17.6 Å². The molecule has 1 fully saturated rings. The highest BCUT2D eigenvalue weighted by atomic mass is 19.4. The van der Waals surface area contributed by atoms with Crippen LogP contribution in [0.5, 0.6) is 0 Å². The summed E-state index contributed by atoms with van der Waals surface area (Å²) in [6.07, 6.45) is 1.20. The van der Waals surface area contributed by atoms with Crippen molar-refractivity contribution < 1.29 is 13.2 Å². The Morgan fingerprint density at radius 3 is 2.45 bits per heavy atom. The fraction of sp³-hybridized carbons (Fsp3) is 0.412. The first-order chi connectivity index (χ1) is 13.9. The second kappa shape index (κ2) is 7.60. The number of nitrogens with zero attached hydrogens (tertiary/aromatic N) is 7. The highest BCUT2D eigenvalue weighted by Gasteiger charge is 2.33. The molecule has 0 spiro atoms. The molecule has 29 heavy (non-hydrogen) atoms. The van der Waals surface area contributed by atoms with Gasteiger partial charge in [0.1, 0.15) is 18.5 Å². The summed E-state index contributed by atoms with van der Waals surface area (Å²) in [5.41, 5.74) is -1.22. The molecular weight excluding hydrogens is 389 g/mol. The Morgan fingerprint density at radius 2 is 1.83 bits per heavy atom. The van der Waals surface area contributed by atoms with E-state index in [9.17, 15) is 18.0 Å². The molecule has 1 aliphatic carbocycles. The fourth-order valence-electron chi connectivity index (χ4n) is 3.36. The maximum absolute atomic E-state index is 12.6. The molecule has 3 aromatic rings. The topological polar surface area (TPSA) is 103 Å². The van der Waals surface area contributed by atoms with Gasteiger partial charge in [-0.15, -0.1) is 15.3 Å². The Labute approximate surface area is 162 Å². The minimum Gasteiger partial charge on any atom is -0.366 e. The first-order valence-corrected chi connectivity index (χ1v) is 9.02. The van der Waals surface area contributed by atoms with Crippen molar-refractivity contribution in [2.75, 3.05) is 5.32 Å². The van der Waals surface area contributed by atoms with Gasteiger partial charge in [0.15, 0.2) is 11.5 Å². The highest BCUT2D eigenvalue weighted by molar-refractivity contribution is 5.34. The molecule has 4 rings (SSSR count). The molecule has 0 atom stereocenters. The number of anilines is 1. The van der Waals surface area contributed by atoms with Crippen LogP contribution in [0.1, 0.15) is 37.4 Å². The zero-order chi connectivity index (χ0) is 20.4. The third-order valence-corrected chi connectivity index (χ3v) is 4.81. The molecule has 0 amide bonds. The summed E-state index contributed by atoms with van der Waals surface area (Å²) in [6.45, 7) is 0. The van der Waals surface area contributed by atoms with Gasteiger partial charge in [0.2, 0.25) is 0 Å². The van der Waals surface area contributed by atoms with Crippen LogP contribution < -0.4 is 10.9 Å². The van der Waals surface area contributed by atoms with Crippen LogP contribution in [0.3, 0.4) is 0 Å². The molecule has 0 radical (unpaired) electrons. The first-order valence-electron chi connectivity index (χ1n) is 9.02. The van der Waals surface area contributed by atoms with Crippen molar-refractivity contribution >= 4 is 5.82 Å². The van der Waals surface area contributed by atoms with Crippen molar-refractivity contribution in [2.24, 2.45) is 0 Å². The van der Waals surface area contributed by atoms with Crippen molar-refractivity contribution in [1.29, 1.82) is 0 Å². The minimum atomic E-state index is -4.51. The molecule has 9 nitrogen and oxygen atoms in total. The molecule has 1 aliphatic rings. The van der Waals surface area contributed by atoms with Gasteiger partial charge >= 0.3 is 6.18 Å². The zero-order valence-corrected chi connectivity index (χ0v) is 15.1. The van der Waals surface area contributed by atoms with E-state index in [0.29, 0.717) is 24.5 Å². The molecule has 0 aromatic carbocycles. The summed E-state index contributed by atoms with van der Waals surface area (Å²) in [5.74, 6) is 0.798. The number of halogens is 3. The van der Waals surface area contributed by atoms with Crippen LogP contribution in [-0.2, 0) is 6.18 Å². The molecule has 0 saturated heterocycles. The number of hydrogen-bond donors (Lipinski definition) is 1. The predicted octanol–water partition coefficient (Wildman–Crippen LogP) is 2.23. The van der Waals surface area contributed by atoms with Crippen LogP contribution in [0, 0.1) is 0 Å².